The van der Waals surface area contributed by atoms with Gasteiger partial charge in [0.25, 0.3) is 0 Å². The van der Waals surface area contributed by atoms with Crippen LogP contribution in [0, 0.1) is 0 Å². The van der Waals surface area contributed by atoms with E-state index in [9.17, 15) is 18.3 Å². The number of aliphatic hydroxyl groups excluding tert-OH is 1. The van der Waals surface area contributed by atoms with E-state index in [4.69, 9.17) is 4.52 Å². The summed E-state index contributed by atoms with van der Waals surface area (Å²) in [6, 6.07) is 0. The number of halogens is 3. The Morgan fingerprint density at radius 3 is 2.78 bits per heavy atom. The second kappa shape index (κ2) is 6.69. The fourth-order valence-electron chi connectivity index (χ4n) is 1.17. The predicted octanol–water partition coefficient (Wildman–Crippen LogP) is 1.50. The molecule has 1 heterocycles. The first kappa shape index (κ1) is 14.9. The van der Waals surface area contributed by atoms with Crippen molar-refractivity contribution in [3.63, 3.8) is 0 Å². The fraction of sp³-hybridized carbons (Fsp3) is 0.800. The Balaban J connectivity index is 2.27. The number of nitrogens with zero attached hydrogens (tertiary/aromatic N) is 2. The molecule has 0 saturated carbocycles. The highest BCUT2D eigenvalue weighted by molar-refractivity contribution is 4.88. The summed E-state index contributed by atoms with van der Waals surface area (Å²) < 4.78 is 44.5. The van der Waals surface area contributed by atoms with Crippen LogP contribution < -0.4 is 0 Å². The van der Waals surface area contributed by atoms with Gasteiger partial charge in [0, 0.05) is 6.42 Å². The molecule has 1 aromatic heterocycles. The Kier molecular flexibility index (Phi) is 5.54. The molecule has 1 aromatic rings. The SMILES string of the molecule is CCC(O)Cc1nc(CCOCC(F)(F)F)no1. The van der Waals surface area contributed by atoms with Crippen LogP contribution in [0.15, 0.2) is 4.52 Å². The van der Waals surface area contributed by atoms with Gasteiger partial charge in [0.05, 0.1) is 19.1 Å². The van der Waals surface area contributed by atoms with Gasteiger partial charge < -0.3 is 14.4 Å². The molecular formula is C10H15F3N2O3. The molecule has 0 bridgehead atoms. The van der Waals surface area contributed by atoms with E-state index in [1.807, 2.05) is 6.92 Å². The summed E-state index contributed by atoms with van der Waals surface area (Å²) in [5.41, 5.74) is 0. The number of ether oxygens (including phenoxy) is 1. The minimum absolute atomic E-state index is 0.130. The molecule has 8 heteroatoms. The van der Waals surface area contributed by atoms with E-state index in [1.54, 1.807) is 0 Å². The largest absolute Gasteiger partial charge is 0.411 e. The predicted molar refractivity (Wildman–Crippen MR) is 54.9 cm³/mol. The second-order valence-electron chi connectivity index (χ2n) is 3.79. The van der Waals surface area contributed by atoms with Gasteiger partial charge in [-0.15, -0.1) is 0 Å². The Morgan fingerprint density at radius 1 is 1.44 bits per heavy atom. The molecule has 1 N–H and O–H groups in total. The minimum Gasteiger partial charge on any atom is -0.393 e. The normalized spacial score (nSPS) is 13.8. The molecule has 1 rings (SSSR count). The van der Waals surface area contributed by atoms with E-state index in [-0.39, 0.29) is 31.2 Å². The van der Waals surface area contributed by atoms with Crippen molar-refractivity contribution in [1.29, 1.82) is 0 Å². The molecule has 0 amide bonds. The third-order valence-corrected chi connectivity index (χ3v) is 2.13. The van der Waals surface area contributed by atoms with Gasteiger partial charge in [-0.25, -0.2) is 0 Å². The molecule has 5 nitrogen and oxygen atoms in total. The first-order chi connectivity index (χ1) is 8.40. The van der Waals surface area contributed by atoms with Crippen LogP contribution in [0.2, 0.25) is 0 Å². The van der Waals surface area contributed by atoms with Crippen molar-refractivity contribution in [2.45, 2.75) is 38.5 Å². The van der Waals surface area contributed by atoms with Gasteiger partial charge in [0.2, 0.25) is 5.89 Å². The number of aromatic nitrogens is 2. The van der Waals surface area contributed by atoms with E-state index in [0.717, 1.165) is 0 Å². The molecule has 0 spiro atoms. The molecule has 0 fully saturated rings. The van der Waals surface area contributed by atoms with Crippen LogP contribution in [0.25, 0.3) is 0 Å². The molecule has 18 heavy (non-hydrogen) atoms. The molecule has 0 aliphatic carbocycles. The third-order valence-electron chi connectivity index (χ3n) is 2.13. The van der Waals surface area contributed by atoms with Gasteiger partial charge in [-0.1, -0.05) is 12.1 Å². The molecule has 0 aliphatic heterocycles. The van der Waals surface area contributed by atoms with Gasteiger partial charge in [-0.05, 0) is 6.42 Å². The first-order valence-electron chi connectivity index (χ1n) is 5.54. The van der Waals surface area contributed by atoms with Crippen molar-refractivity contribution >= 4 is 0 Å². The van der Waals surface area contributed by atoms with E-state index < -0.39 is 18.9 Å². The van der Waals surface area contributed by atoms with Gasteiger partial charge in [-0.3, -0.25) is 0 Å². The van der Waals surface area contributed by atoms with Gasteiger partial charge in [0.15, 0.2) is 5.82 Å². The fourth-order valence-corrected chi connectivity index (χ4v) is 1.17. The lowest BCUT2D eigenvalue weighted by atomic mass is 10.2. The van der Waals surface area contributed by atoms with Crippen LogP contribution in [0.4, 0.5) is 13.2 Å². The summed E-state index contributed by atoms with van der Waals surface area (Å²) in [4.78, 5) is 3.93. The third kappa shape index (κ3) is 5.97. The van der Waals surface area contributed by atoms with Crippen molar-refractivity contribution in [2.75, 3.05) is 13.2 Å². The number of aliphatic hydroxyl groups is 1. The zero-order valence-corrected chi connectivity index (χ0v) is 9.90. The first-order valence-corrected chi connectivity index (χ1v) is 5.54. The van der Waals surface area contributed by atoms with E-state index in [2.05, 4.69) is 14.9 Å². The van der Waals surface area contributed by atoms with Gasteiger partial charge in [-0.2, -0.15) is 18.2 Å². The molecule has 0 saturated heterocycles. The van der Waals surface area contributed by atoms with E-state index in [0.29, 0.717) is 6.42 Å². The summed E-state index contributed by atoms with van der Waals surface area (Å²) in [6.45, 7) is 0.397. The van der Waals surface area contributed by atoms with Crippen LogP contribution in [0.1, 0.15) is 25.1 Å². The minimum atomic E-state index is -4.33. The maximum atomic E-state index is 11.8. The Hall–Kier alpha value is -1.15. The Bertz CT molecular complexity index is 354. The number of alkyl halides is 3. The summed E-state index contributed by atoms with van der Waals surface area (Å²) in [5.74, 6) is 0.547. The number of hydrogen-bond donors (Lipinski definition) is 1. The quantitative estimate of drug-likeness (QED) is 0.759. The molecule has 1 atom stereocenters. The van der Waals surface area contributed by atoms with E-state index in [1.165, 1.54) is 0 Å². The van der Waals surface area contributed by atoms with Crippen molar-refractivity contribution in [2.24, 2.45) is 0 Å². The summed E-state index contributed by atoms with van der Waals surface area (Å²) in [7, 11) is 0. The van der Waals surface area contributed by atoms with Gasteiger partial charge >= 0.3 is 6.18 Å². The van der Waals surface area contributed by atoms with Crippen molar-refractivity contribution in [3.05, 3.63) is 11.7 Å². The molecule has 104 valence electrons. The standard InChI is InChI=1S/C10H15F3N2O3/c1-2-7(16)5-9-14-8(15-18-9)3-4-17-6-10(11,12)13/h7,16H,2-6H2,1H3. The highest BCUT2D eigenvalue weighted by atomic mass is 19.4. The molecule has 1 unspecified atom stereocenters. The van der Waals surface area contributed by atoms with Crippen LogP contribution in [-0.4, -0.2) is 40.7 Å². The average Bonchev–Trinajstić information content (AvgIpc) is 2.71. The van der Waals surface area contributed by atoms with Crippen LogP contribution in [-0.2, 0) is 17.6 Å². The molecule has 0 aromatic carbocycles. The summed E-state index contributed by atoms with van der Waals surface area (Å²) in [5, 5.41) is 12.9. The van der Waals surface area contributed by atoms with Gasteiger partial charge in [0.1, 0.15) is 6.61 Å². The molecule has 0 aliphatic rings. The average molecular weight is 268 g/mol. The lowest BCUT2D eigenvalue weighted by Crippen LogP contribution is -2.18. The Morgan fingerprint density at radius 2 is 2.17 bits per heavy atom. The highest BCUT2D eigenvalue weighted by Gasteiger charge is 2.27. The topological polar surface area (TPSA) is 68.4 Å². The molecular weight excluding hydrogens is 253 g/mol. The second-order valence-corrected chi connectivity index (χ2v) is 3.79. The van der Waals surface area contributed by atoms with Crippen LogP contribution in [0.3, 0.4) is 0 Å². The summed E-state index contributed by atoms with van der Waals surface area (Å²) >= 11 is 0. The Labute approximate surface area is 102 Å². The molecule has 0 radical (unpaired) electrons. The maximum absolute atomic E-state index is 11.8. The number of rotatable bonds is 7. The lowest BCUT2D eigenvalue weighted by Gasteiger charge is -2.05. The smallest absolute Gasteiger partial charge is 0.393 e. The summed E-state index contributed by atoms with van der Waals surface area (Å²) in [6.07, 6.45) is -3.94. The van der Waals surface area contributed by atoms with Crippen molar-refractivity contribution < 1.29 is 27.5 Å². The van der Waals surface area contributed by atoms with Crippen molar-refractivity contribution in [3.8, 4) is 0 Å². The monoisotopic (exact) mass is 268 g/mol. The zero-order valence-electron chi connectivity index (χ0n) is 9.90. The van der Waals surface area contributed by atoms with Crippen LogP contribution in [0.5, 0.6) is 0 Å². The highest BCUT2D eigenvalue weighted by Crippen LogP contribution is 2.14. The lowest BCUT2D eigenvalue weighted by molar-refractivity contribution is -0.173. The van der Waals surface area contributed by atoms with Crippen molar-refractivity contribution in [1.82, 2.24) is 10.1 Å². The zero-order chi connectivity index (χ0) is 13.6. The van der Waals surface area contributed by atoms with Crippen LogP contribution >= 0.6 is 0 Å². The van der Waals surface area contributed by atoms with E-state index >= 15 is 0 Å². The maximum Gasteiger partial charge on any atom is 0.411 e. The number of hydrogen-bond acceptors (Lipinski definition) is 5.